The molecule has 0 fully saturated rings. The molecule has 0 saturated heterocycles. The van der Waals surface area contributed by atoms with E-state index in [1.54, 1.807) is 0 Å². The summed E-state index contributed by atoms with van der Waals surface area (Å²) in [7, 11) is 0. The van der Waals surface area contributed by atoms with Crippen molar-refractivity contribution in [2.24, 2.45) is 0 Å². The quantitative estimate of drug-likeness (QED) is 0.873. The van der Waals surface area contributed by atoms with Gasteiger partial charge in [-0.15, -0.1) is 0 Å². The molecule has 0 unspecified atom stereocenters. The lowest BCUT2D eigenvalue weighted by molar-refractivity contribution is -0.115. The van der Waals surface area contributed by atoms with Gasteiger partial charge in [-0.3, -0.25) is 4.79 Å². The fraction of sp³-hybridized carbons (Fsp3) is 0.316. The molecule has 0 radical (unpaired) electrons. The van der Waals surface area contributed by atoms with E-state index in [9.17, 15) is 4.79 Å². The van der Waals surface area contributed by atoms with Crippen LogP contribution in [0.15, 0.2) is 48.5 Å². The van der Waals surface area contributed by atoms with E-state index in [0.29, 0.717) is 6.42 Å². The van der Waals surface area contributed by atoms with Crippen molar-refractivity contribution < 1.29 is 4.79 Å². The number of carbonyl (C=O) groups is 1. The number of amides is 1. The number of rotatable bonds is 6. The van der Waals surface area contributed by atoms with Crippen LogP contribution in [0.5, 0.6) is 0 Å². The lowest BCUT2D eigenvalue weighted by Gasteiger charge is -2.22. The summed E-state index contributed by atoms with van der Waals surface area (Å²) in [5.41, 5.74) is 4.20. The Hall–Kier alpha value is -2.29. The predicted octanol–water partition coefficient (Wildman–Crippen LogP) is 4.02. The Bertz CT molecular complexity index is 619. The molecule has 2 rings (SSSR count). The fourth-order valence-corrected chi connectivity index (χ4v) is 2.55. The molecule has 3 nitrogen and oxygen atoms in total. The summed E-state index contributed by atoms with van der Waals surface area (Å²) >= 11 is 0. The molecule has 1 amide bonds. The highest BCUT2D eigenvalue weighted by Gasteiger charge is 2.08. The van der Waals surface area contributed by atoms with Crippen LogP contribution in [0.1, 0.15) is 25.0 Å². The minimum atomic E-state index is 0.0184. The zero-order chi connectivity index (χ0) is 15.9. The first-order chi connectivity index (χ1) is 10.6. The van der Waals surface area contributed by atoms with Crippen molar-refractivity contribution in [3.05, 3.63) is 59.7 Å². The van der Waals surface area contributed by atoms with Crippen LogP contribution in [0.3, 0.4) is 0 Å². The van der Waals surface area contributed by atoms with Crippen LogP contribution in [-0.2, 0) is 11.2 Å². The maximum atomic E-state index is 12.1. The largest absolute Gasteiger partial charge is 0.372 e. The van der Waals surface area contributed by atoms with Gasteiger partial charge in [0.2, 0.25) is 5.91 Å². The Labute approximate surface area is 133 Å². The fourth-order valence-electron chi connectivity index (χ4n) is 2.55. The normalized spacial score (nSPS) is 10.3. The maximum Gasteiger partial charge on any atom is 0.228 e. The first-order valence-corrected chi connectivity index (χ1v) is 7.83. The van der Waals surface area contributed by atoms with Crippen molar-refractivity contribution in [3.8, 4) is 0 Å². The van der Waals surface area contributed by atoms with Gasteiger partial charge in [0.05, 0.1) is 6.42 Å². The molecule has 3 heteroatoms. The second-order valence-corrected chi connectivity index (χ2v) is 5.38. The number of benzene rings is 2. The molecule has 0 aliphatic carbocycles. The molecule has 2 aromatic carbocycles. The number of carbonyl (C=O) groups excluding carboxylic acids is 1. The lowest BCUT2D eigenvalue weighted by Crippen LogP contribution is -2.22. The minimum absolute atomic E-state index is 0.0184. The topological polar surface area (TPSA) is 32.3 Å². The molecular formula is C19H24N2O. The van der Waals surface area contributed by atoms with Crippen molar-refractivity contribution in [2.75, 3.05) is 23.3 Å². The summed E-state index contributed by atoms with van der Waals surface area (Å²) in [5, 5.41) is 3.00. The first-order valence-electron chi connectivity index (χ1n) is 7.83. The van der Waals surface area contributed by atoms with E-state index in [1.165, 1.54) is 5.69 Å². The van der Waals surface area contributed by atoms with Gasteiger partial charge in [0.25, 0.3) is 0 Å². The average Bonchev–Trinajstić information content (AvgIpc) is 2.52. The van der Waals surface area contributed by atoms with Crippen LogP contribution < -0.4 is 10.2 Å². The third-order valence-corrected chi connectivity index (χ3v) is 3.82. The van der Waals surface area contributed by atoms with Gasteiger partial charge < -0.3 is 10.2 Å². The van der Waals surface area contributed by atoms with Gasteiger partial charge in [-0.25, -0.2) is 0 Å². The third-order valence-electron chi connectivity index (χ3n) is 3.82. The molecule has 2 aromatic rings. The summed E-state index contributed by atoms with van der Waals surface area (Å²) < 4.78 is 0. The van der Waals surface area contributed by atoms with Crippen molar-refractivity contribution in [2.45, 2.75) is 27.2 Å². The summed E-state index contributed by atoms with van der Waals surface area (Å²) in [6, 6.07) is 16.0. The van der Waals surface area contributed by atoms with Gasteiger partial charge in [-0.2, -0.15) is 0 Å². The highest BCUT2D eigenvalue weighted by molar-refractivity contribution is 5.93. The number of aryl methyl sites for hydroxylation is 1. The van der Waals surface area contributed by atoms with Crippen LogP contribution in [0.4, 0.5) is 11.4 Å². The Morgan fingerprint density at radius 1 is 1.05 bits per heavy atom. The zero-order valence-corrected chi connectivity index (χ0v) is 13.6. The predicted molar refractivity (Wildman–Crippen MR) is 93.5 cm³/mol. The second-order valence-electron chi connectivity index (χ2n) is 5.38. The highest BCUT2D eigenvalue weighted by atomic mass is 16.1. The molecule has 0 bridgehead atoms. The number of anilines is 2. The molecule has 0 aliphatic rings. The third kappa shape index (κ3) is 4.10. The van der Waals surface area contributed by atoms with E-state index in [4.69, 9.17) is 0 Å². The molecule has 116 valence electrons. The zero-order valence-electron chi connectivity index (χ0n) is 13.6. The smallest absolute Gasteiger partial charge is 0.228 e. The van der Waals surface area contributed by atoms with Gasteiger partial charge in [0.15, 0.2) is 0 Å². The number of nitrogens with one attached hydrogen (secondary N) is 1. The molecule has 22 heavy (non-hydrogen) atoms. The van der Waals surface area contributed by atoms with Gasteiger partial charge in [-0.1, -0.05) is 30.3 Å². The average molecular weight is 296 g/mol. The lowest BCUT2D eigenvalue weighted by atomic mass is 10.1. The van der Waals surface area contributed by atoms with E-state index >= 15 is 0 Å². The molecule has 1 N–H and O–H groups in total. The van der Waals surface area contributed by atoms with E-state index in [0.717, 1.165) is 29.9 Å². The van der Waals surface area contributed by atoms with Crippen LogP contribution >= 0.6 is 0 Å². The van der Waals surface area contributed by atoms with Gasteiger partial charge in [0.1, 0.15) is 0 Å². The number of nitrogens with zero attached hydrogens (tertiary/aromatic N) is 1. The Balaban J connectivity index is 2.05. The van der Waals surface area contributed by atoms with Crippen molar-refractivity contribution in [3.63, 3.8) is 0 Å². The standard InChI is InChI=1S/C19H24N2O/c1-4-21(5-2)17-11-12-18(15(3)13-17)20-19(22)14-16-9-7-6-8-10-16/h6-13H,4-5,14H2,1-3H3,(H,20,22). The Kier molecular flexibility index (Phi) is 5.59. The summed E-state index contributed by atoms with van der Waals surface area (Å²) in [6.07, 6.45) is 0.401. The Morgan fingerprint density at radius 3 is 2.32 bits per heavy atom. The second kappa shape index (κ2) is 7.64. The van der Waals surface area contributed by atoms with E-state index in [-0.39, 0.29) is 5.91 Å². The maximum absolute atomic E-state index is 12.1. The summed E-state index contributed by atoms with van der Waals surface area (Å²) in [5.74, 6) is 0.0184. The number of hydrogen-bond acceptors (Lipinski definition) is 2. The van der Waals surface area contributed by atoms with Crippen LogP contribution in [-0.4, -0.2) is 19.0 Å². The number of hydrogen-bond donors (Lipinski definition) is 1. The monoisotopic (exact) mass is 296 g/mol. The van der Waals surface area contributed by atoms with Crippen LogP contribution in [0, 0.1) is 6.92 Å². The molecule has 0 saturated carbocycles. The van der Waals surface area contributed by atoms with Gasteiger partial charge >= 0.3 is 0 Å². The van der Waals surface area contributed by atoms with Crippen molar-refractivity contribution in [1.29, 1.82) is 0 Å². The van der Waals surface area contributed by atoms with E-state index in [2.05, 4.69) is 36.2 Å². The first kappa shape index (κ1) is 16.1. The van der Waals surface area contributed by atoms with Crippen LogP contribution in [0.25, 0.3) is 0 Å². The molecule has 0 atom stereocenters. The van der Waals surface area contributed by atoms with Crippen molar-refractivity contribution >= 4 is 17.3 Å². The van der Waals surface area contributed by atoms with Crippen LogP contribution in [0.2, 0.25) is 0 Å². The molecule has 0 spiro atoms. The SMILES string of the molecule is CCN(CC)c1ccc(NC(=O)Cc2ccccc2)c(C)c1. The molecular weight excluding hydrogens is 272 g/mol. The van der Waals surface area contributed by atoms with Gasteiger partial charge in [-0.05, 0) is 50.1 Å². The summed E-state index contributed by atoms with van der Waals surface area (Å²) in [6.45, 7) is 8.29. The molecule has 0 aromatic heterocycles. The van der Waals surface area contributed by atoms with E-state index in [1.807, 2.05) is 43.3 Å². The Morgan fingerprint density at radius 2 is 1.73 bits per heavy atom. The summed E-state index contributed by atoms with van der Waals surface area (Å²) in [4.78, 5) is 14.4. The molecule has 0 heterocycles. The minimum Gasteiger partial charge on any atom is -0.372 e. The van der Waals surface area contributed by atoms with Gasteiger partial charge in [0, 0.05) is 24.5 Å². The van der Waals surface area contributed by atoms with Crippen molar-refractivity contribution in [1.82, 2.24) is 0 Å². The molecule has 0 aliphatic heterocycles. The highest BCUT2D eigenvalue weighted by Crippen LogP contribution is 2.22. The van der Waals surface area contributed by atoms with E-state index < -0.39 is 0 Å².